The zero-order valence-electron chi connectivity index (χ0n) is 8.54. The standard InChI is InChI=1S/C9H13NO6/c11-4-3-10(5-9(15)16)7(6-12)1-2-8(13)14/h4,6-7H,1-3,5H2,(H,13,14)(H,15,16). The van der Waals surface area contributed by atoms with E-state index in [4.69, 9.17) is 10.2 Å². The summed E-state index contributed by atoms with van der Waals surface area (Å²) in [4.78, 5) is 42.8. The predicted molar refractivity (Wildman–Crippen MR) is 52.0 cm³/mol. The SMILES string of the molecule is O=CCN(CC(=O)O)C(C=O)CCC(=O)O. The Bertz CT molecular complexity index is 277. The van der Waals surface area contributed by atoms with Gasteiger partial charge in [-0.15, -0.1) is 0 Å². The summed E-state index contributed by atoms with van der Waals surface area (Å²) < 4.78 is 0. The van der Waals surface area contributed by atoms with Gasteiger partial charge in [0.1, 0.15) is 12.6 Å². The molecule has 0 saturated carbocycles. The molecule has 1 atom stereocenters. The highest BCUT2D eigenvalue weighted by Gasteiger charge is 2.20. The Labute approximate surface area is 91.7 Å². The van der Waals surface area contributed by atoms with Crippen LogP contribution >= 0.6 is 0 Å². The van der Waals surface area contributed by atoms with Crippen LogP contribution in [0.5, 0.6) is 0 Å². The van der Waals surface area contributed by atoms with Crippen LogP contribution in [0.2, 0.25) is 0 Å². The Kier molecular flexibility index (Phi) is 6.69. The number of hydrogen-bond donors (Lipinski definition) is 2. The molecule has 0 bridgehead atoms. The van der Waals surface area contributed by atoms with Gasteiger partial charge in [0.05, 0.1) is 19.1 Å². The van der Waals surface area contributed by atoms with Crippen LogP contribution in [-0.4, -0.2) is 58.8 Å². The average molecular weight is 231 g/mol. The second kappa shape index (κ2) is 7.52. The van der Waals surface area contributed by atoms with Crippen LogP contribution in [0.25, 0.3) is 0 Å². The minimum absolute atomic E-state index is 0.0139. The second-order valence-electron chi connectivity index (χ2n) is 3.13. The maximum absolute atomic E-state index is 10.7. The molecule has 16 heavy (non-hydrogen) atoms. The molecule has 0 saturated heterocycles. The van der Waals surface area contributed by atoms with Crippen molar-refractivity contribution in [3.8, 4) is 0 Å². The van der Waals surface area contributed by atoms with Gasteiger partial charge in [-0.25, -0.2) is 0 Å². The van der Waals surface area contributed by atoms with Crippen LogP contribution in [0.4, 0.5) is 0 Å². The lowest BCUT2D eigenvalue weighted by Crippen LogP contribution is -2.41. The van der Waals surface area contributed by atoms with Gasteiger partial charge in [0.15, 0.2) is 0 Å². The lowest BCUT2D eigenvalue weighted by atomic mass is 10.1. The van der Waals surface area contributed by atoms with Gasteiger partial charge in [-0.1, -0.05) is 0 Å². The van der Waals surface area contributed by atoms with E-state index in [1.807, 2.05) is 0 Å². The number of carboxylic acids is 2. The van der Waals surface area contributed by atoms with Gasteiger partial charge >= 0.3 is 11.9 Å². The predicted octanol–water partition coefficient (Wildman–Crippen LogP) is -0.996. The monoisotopic (exact) mass is 231 g/mol. The first-order valence-corrected chi connectivity index (χ1v) is 4.57. The van der Waals surface area contributed by atoms with Gasteiger partial charge in [0.2, 0.25) is 0 Å². The van der Waals surface area contributed by atoms with Crippen LogP contribution in [0.3, 0.4) is 0 Å². The van der Waals surface area contributed by atoms with Crippen molar-refractivity contribution in [2.24, 2.45) is 0 Å². The van der Waals surface area contributed by atoms with Crippen molar-refractivity contribution in [3.05, 3.63) is 0 Å². The van der Waals surface area contributed by atoms with E-state index in [2.05, 4.69) is 0 Å². The van der Waals surface area contributed by atoms with E-state index >= 15 is 0 Å². The molecule has 0 aromatic rings. The maximum atomic E-state index is 10.7. The molecule has 0 spiro atoms. The Hall–Kier alpha value is -1.76. The highest BCUT2D eigenvalue weighted by atomic mass is 16.4. The van der Waals surface area contributed by atoms with Crippen molar-refractivity contribution in [1.29, 1.82) is 0 Å². The maximum Gasteiger partial charge on any atom is 0.317 e. The molecular weight excluding hydrogens is 218 g/mol. The third kappa shape index (κ3) is 5.86. The van der Waals surface area contributed by atoms with Crippen LogP contribution in [0.1, 0.15) is 12.8 Å². The average Bonchev–Trinajstić information content (AvgIpc) is 2.17. The molecule has 7 nitrogen and oxygen atoms in total. The van der Waals surface area contributed by atoms with E-state index in [1.54, 1.807) is 0 Å². The quantitative estimate of drug-likeness (QED) is 0.489. The summed E-state index contributed by atoms with van der Waals surface area (Å²) in [5.41, 5.74) is 0. The first kappa shape index (κ1) is 14.2. The van der Waals surface area contributed by atoms with E-state index in [0.29, 0.717) is 12.6 Å². The summed E-state index contributed by atoms with van der Waals surface area (Å²) in [6.07, 6.45) is 0.661. The summed E-state index contributed by atoms with van der Waals surface area (Å²) >= 11 is 0. The molecule has 0 aromatic carbocycles. The van der Waals surface area contributed by atoms with Gasteiger partial charge in [-0.3, -0.25) is 14.5 Å². The smallest absolute Gasteiger partial charge is 0.317 e. The number of aliphatic carboxylic acids is 2. The van der Waals surface area contributed by atoms with Crippen molar-refractivity contribution in [1.82, 2.24) is 4.90 Å². The Morgan fingerprint density at radius 2 is 1.81 bits per heavy atom. The molecule has 7 heteroatoms. The molecule has 0 aliphatic carbocycles. The lowest BCUT2D eigenvalue weighted by Gasteiger charge is -2.23. The van der Waals surface area contributed by atoms with Crippen molar-refractivity contribution >= 4 is 24.5 Å². The zero-order valence-corrected chi connectivity index (χ0v) is 8.54. The zero-order chi connectivity index (χ0) is 12.6. The Morgan fingerprint density at radius 3 is 2.19 bits per heavy atom. The number of aldehydes is 2. The molecule has 0 rings (SSSR count). The Morgan fingerprint density at radius 1 is 1.19 bits per heavy atom. The van der Waals surface area contributed by atoms with E-state index in [0.717, 1.165) is 4.90 Å². The molecule has 0 aromatic heterocycles. The molecular formula is C9H13NO6. The summed E-state index contributed by atoms with van der Waals surface area (Å²) in [5, 5.41) is 17.0. The fourth-order valence-corrected chi connectivity index (χ4v) is 1.19. The number of carboxylic acid groups (broad SMARTS) is 2. The summed E-state index contributed by atoms with van der Waals surface area (Å²) in [5.74, 6) is -2.25. The van der Waals surface area contributed by atoms with E-state index in [1.165, 1.54) is 0 Å². The van der Waals surface area contributed by atoms with Crippen molar-refractivity contribution < 1.29 is 29.4 Å². The van der Waals surface area contributed by atoms with Gasteiger partial charge in [-0.05, 0) is 6.42 Å². The first-order chi connectivity index (χ1) is 7.51. The molecule has 0 aliphatic heterocycles. The topological polar surface area (TPSA) is 112 Å². The number of carbonyl (C=O) groups excluding carboxylic acids is 2. The fraction of sp³-hybridized carbons (Fsp3) is 0.556. The first-order valence-electron chi connectivity index (χ1n) is 4.57. The Balaban J connectivity index is 4.43. The molecule has 2 N–H and O–H groups in total. The minimum Gasteiger partial charge on any atom is -0.481 e. The summed E-state index contributed by atoms with van der Waals surface area (Å²) in [7, 11) is 0. The molecule has 0 radical (unpaired) electrons. The number of carbonyl (C=O) groups is 4. The van der Waals surface area contributed by atoms with Crippen molar-refractivity contribution in [2.75, 3.05) is 13.1 Å². The number of hydrogen-bond acceptors (Lipinski definition) is 5. The molecule has 0 aliphatic rings. The number of nitrogens with zero attached hydrogens (tertiary/aromatic N) is 1. The summed E-state index contributed by atoms with van der Waals surface area (Å²) in [6, 6.07) is -0.864. The van der Waals surface area contributed by atoms with E-state index < -0.39 is 24.5 Å². The second-order valence-corrected chi connectivity index (χ2v) is 3.13. The van der Waals surface area contributed by atoms with Crippen LogP contribution in [0, 0.1) is 0 Å². The lowest BCUT2D eigenvalue weighted by molar-refractivity contribution is -0.139. The molecule has 0 amide bonds. The van der Waals surface area contributed by atoms with Gasteiger partial charge in [0.25, 0.3) is 0 Å². The van der Waals surface area contributed by atoms with Crippen LogP contribution in [0.15, 0.2) is 0 Å². The van der Waals surface area contributed by atoms with Gasteiger partial charge in [0, 0.05) is 6.42 Å². The van der Waals surface area contributed by atoms with Crippen molar-refractivity contribution in [3.63, 3.8) is 0 Å². The molecule has 90 valence electrons. The third-order valence-electron chi connectivity index (χ3n) is 1.93. The van der Waals surface area contributed by atoms with E-state index in [-0.39, 0.29) is 19.4 Å². The van der Waals surface area contributed by atoms with Gasteiger partial charge in [-0.2, -0.15) is 0 Å². The molecule has 0 fully saturated rings. The molecule has 1 unspecified atom stereocenters. The van der Waals surface area contributed by atoms with Crippen LogP contribution < -0.4 is 0 Å². The fourth-order valence-electron chi connectivity index (χ4n) is 1.19. The highest BCUT2D eigenvalue weighted by molar-refractivity contribution is 5.72. The normalized spacial score (nSPS) is 12.1. The van der Waals surface area contributed by atoms with E-state index in [9.17, 15) is 19.2 Å². The highest BCUT2D eigenvalue weighted by Crippen LogP contribution is 2.04. The van der Waals surface area contributed by atoms with Crippen LogP contribution in [-0.2, 0) is 19.2 Å². The summed E-state index contributed by atoms with van der Waals surface area (Å²) in [6.45, 7) is -0.683. The largest absolute Gasteiger partial charge is 0.481 e. The minimum atomic E-state index is -1.18. The number of rotatable bonds is 9. The van der Waals surface area contributed by atoms with Crippen molar-refractivity contribution in [2.45, 2.75) is 18.9 Å². The molecule has 0 heterocycles. The third-order valence-corrected chi connectivity index (χ3v) is 1.93. The van der Waals surface area contributed by atoms with Gasteiger partial charge < -0.3 is 19.8 Å².